The summed E-state index contributed by atoms with van der Waals surface area (Å²) in [6, 6.07) is 7.99. The Morgan fingerprint density at radius 3 is 2.68 bits per heavy atom. The fourth-order valence-corrected chi connectivity index (χ4v) is 2.17. The summed E-state index contributed by atoms with van der Waals surface area (Å²) in [6.07, 6.45) is 2.54. The number of guanidine groups is 1. The van der Waals surface area contributed by atoms with E-state index >= 15 is 0 Å². The molecule has 1 aliphatic rings. The van der Waals surface area contributed by atoms with E-state index in [-0.39, 0.29) is 5.91 Å². The lowest BCUT2D eigenvalue weighted by Crippen LogP contribution is -2.46. The maximum Gasteiger partial charge on any atom is 0.224 e. The predicted molar refractivity (Wildman–Crippen MR) is 100 cm³/mol. The smallest absolute Gasteiger partial charge is 0.224 e. The number of hydrogen-bond acceptors (Lipinski definition) is 3. The van der Waals surface area contributed by atoms with Gasteiger partial charge in [-0.15, -0.1) is 0 Å². The van der Waals surface area contributed by atoms with Crippen LogP contribution in [-0.4, -0.2) is 31.6 Å². The molecule has 6 heteroatoms. The van der Waals surface area contributed by atoms with Crippen LogP contribution in [0.4, 0.5) is 0 Å². The van der Waals surface area contributed by atoms with Crippen molar-refractivity contribution < 1.29 is 9.53 Å². The Morgan fingerprint density at radius 1 is 1.32 bits per heavy atom. The van der Waals surface area contributed by atoms with Crippen molar-refractivity contribution in [3.63, 3.8) is 0 Å². The maximum absolute atomic E-state index is 11.5. The van der Waals surface area contributed by atoms with Gasteiger partial charge in [-0.05, 0) is 45.6 Å². The summed E-state index contributed by atoms with van der Waals surface area (Å²) in [5.74, 6) is 1.93. The van der Waals surface area contributed by atoms with Crippen LogP contribution in [0.2, 0.25) is 0 Å². The van der Waals surface area contributed by atoms with Crippen LogP contribution in [0.3, 0.4) is 0 Å². The van der Waals surface area contributed by atoms with E-state index in [2.05, 4.69) is 15.6 Å². The molecule has 6 nitrogen and oxygen atoms in total. The molecule has 1 fully saturated rings. The normalized spacial score (nSPS) is 14.9. The molecule has 25 heavy (non-hydrogen) atoms. The summed E-state index contributed by atoms with van der Waals surface area (Å²) < 4.78 is 5.93. The Balaban J connectivity index is 1.98. The van der Waals surface area contributed by atoms with Gasteiger partial charge in [-0.25, -0.2) is 4.99 Å². The first kappa shape index (κ1) is 19.1. The molecule has 0 aromatic heterocycles. The molecule has 4 N–H and O–H groups in total. The fraction of sp³-hybridized carbons (Fsp3) is 0.579. The van der Waals surface area contributed by atoms with E-state index < -0.39 is 5.41 Å². The second-order valence-electron chi connectivity index (χ2n) is 7.16. The van der Waals surface area contributed by atoms with Crippen molar-refractivity contribution >= 4 is 11.9 Å². The summed E-state index contributed by atoms with van der Waals surface area (Å²) in [6.45, 7) is 8.08. The number of primary amides is 1. The minimum Gasteiger partial charge on any atom is -0.493 e. The molecule has 0 unspecified atom stereocenters. The van der Waals surface area contributed by atoms with Crippen LogP contribution in [0.15, 0.2) is 29.3 Å². The van der Waals surface area contributed by atoms with Crippen molar-refractivity contribution in [2.75, 3.05) is 19.7 Å². The predicted octanol–water partition coefficient (Wildman–Crippen LogP) is 2.04. The second kappa shape index (κ2) is 8.74. The molecule has 1 saturated carbocycles. The average molecular weight is 346 g/mol. The first-order valence-corrected chi connectivity index (χ1v) is 8.95. The third-order valence-electron chi connectivity index (χ3n) is 4.26. The van der Waals surface area contributed by atoms with Crippen LogP contribution in [0.1, 0.15) is 39.2 Å². The molecular formula is C19H30N4O2. The summed E-state index contributed by atoms with van der Waals surface area (Å²) in [7, 11) is 0. The Hall–Kier alpha value is -2.24. The van der Waals surface area contributed by atoms with Gasteiger partial charge in [0.05, 0.1) is 18.6 Å². The third-order valence-corrected chi connectivity index (χ3v) is 4.26. The SMILES string of the molecule is CCNC(=NCc1ccccc1OCC1CC1)NCC(C)(C)C(N)=O. The van der Waals surface area contributed by atoms with Crippen molar-refractivity contribution in [2.24, 2.45) is 22.1 Å². The molecule has 1 aromatic carbocycles. The number of carbonyl (C=O) groups is 1. The zero-order valence-corrected chi connectivity index (χ0v) is 15.5. The van der Waals surface area contributed by atoms with Crippen LogP contribution in [-0.2, 0) is 11.3 Å². The number of nitrogens with zero attached hydrogens (tertiary/aromatic N) is 1. The standard InChI is InChI=1S/C19H30N4O2/c1-4-21-18(23-13-19(2,3)17(20)24)22-11-15-7-5-6-8-16(15)25-12-14-9-10-14/h5-8,14H,4,9-13H2,1-3H3,(H2,20,24)(H2,21,22,23). The molecule has 1 aromatic rings. The zero-order valence-electron chi connectivity index (χ0n) is 15.5. The van der Waals surface area contributed by atoms with Crippen LogP contribution < -0.4 is 21.1 Å². The average Bonchev–Trinajstić information content (AvgIpc) is 3.40. The van der Waals surface area contributed by atoms with Gasteiger partial charge in [0.1, 0.15) is 5.75 Å². The van der Waals surface area contributed by atoms with Gasteiger partial charge in [0.2, 0.25) is 5.91 Å². The number of carbonyl (C=O) groups excluding carboxylic acids is 1. The number of ether oxygens (including phenoxy) is 1. The molecule has 0 radical (unpaired) electrons. The van der Waals surface area contributed by atoms with Gasteiger partial charge in [0, 0.05) is 18.7 Å². The lowest BCUT2D eigenvalue weighted by molar-refractivity contribution is -0.125. The summed E-state index contributed by atoms with van der Waals surface area (Å²) in [4.78, 5) is 16.1. The van der Waals surface area contributed by atoms with Crippen LogP contribution in [0.25, 0.3) is 0 Å². The topological polar surface area (TPSA) is 88.7 Å². The van der Waals surface area contributed by atoms with E-state index in [9.17, 15) is 4.79 Å². The third kappa shape index (κ3) is 6.29. The number of benzene rings is 1. The molecule has 0 aliphatic heterocycles. The van der Waals surface area contributed by atoms with Gasteiger partial charge in [0.25, 0.3) is 0 Å². The number of para-hydroxylation sites is 1. The van der Waals surface area contributed by atoms with Crippen molar-refractivity contribution in [3.8, 4) is 5.75 Å². The van der Waals surface area contributed by atoms with Gasteiger partial charge in [-0.3, -0.25) is 4.79 Å². The van der Waals surface area contributed by atoms with E-state index in [0.717, 1.165) is 24.5 Å². The lowest BCUT2D eigenvalue weighted by atomic mass is 9.93. The molecule has 0 spiro atoms. The number of hydrogen-bond donors (Lipinski definition) is 3. The summed E-state index contributed by atoms with van der Waals surface area (Å²) >= 11 is 0. The van der Waals surface area contributed by atoms with E-state index in [4.69, 9.17) is 10.5 Å². The molecule has 0 heterocycles. The van der Waals surface area contributed by atoms with E-state index in [1.165, 1.54) is 12.8 Å². The van der Waals surface area contributed by atoms with Crippen LogP contribution >= 0.6 is 0 Å². The monoisotopic (exact) mass is 346 g/mol. The first-order chi connectivity index (χ1) is 11.9. The van der Waals surface area contributed by atoms with Gasteiger partial charge < -0.3 is 21.1 Å². The highest BCUT2D eigenvalue weighted by Crippen LogP contribution is 2.30. The molecule has 1 amide bonds. The second-order valence-corrected chi connectivity index (χ2v) is 7.16. The highest BCUT2D eigenvalue weighted by atomic mass is 16.5. The Morgan fingerprint density at radius 2 is 2.04 bits per heavy atom. The quantitative estimate of drug-likeness (QED) is 0.471. The summed E-state index contributed by atoms with van der Waals surface area (Å²) in [5, 5.41) is 6.38. The minimum absolute atomic E-state index is 0.338. The summed E-state index contributed by atoms with van der Waals surface area (Å²) in [5.41, 5.74) is 5.84. The van der Waals surface area contributed by atoms with E-state index in [1.807, 2.05) is 45.0 Å². The van der Waals surface area contributed by atoms with E-state index in [0.29, 0.717) is 25.0 Å². The number of rotatable bonds is 9. The molecular weight excluding hydrogens is 316 g/mol. The Bertz CT molecular complexity index is 609. The molecule has 1 aliphatic carbocycles. The molecule has 2 rings (SSSR count). The van der Waals surface area contributed by atoms with Crippen LogP contribution in [0.5, 0.6) is 5.75 Å². The van der Waals surface area contributed by atoms with E-state index in [1.54, 1.807) is 0 Å². The minimum atomic E-state index is -0.637. The Labute approximate surface area is 150 Å². The number of aliphatic imine (C=N–C) groups is 1. The molecule has 0 bridgehead atoms. The van der Waals surface area contributed by atoms with Crippen molar-refractivity contribution in [3.05, 3.63) is 29.8 Å². The lowest BCUT2D eigenvalue weighted by Gasteiger charge is -2.22. The van der Waals surface area contributed by atoms with Crippen molar-refractivity contribution in [1.82, 2.24) is 10.6 Å². The van der Waals surface area contributed by atoms with Gasteiger partial charge >= 0.3 is 0 Å². The fourth-order valence-electron chi connectivity index (χ4n) is 2.17. The number of amides is 1. The molecule has 0 saturated heterocycles. The first-order valence-electron chi connectivity index (χ1n) is 8.95. The van der Waals surface area contributed by atoms with Crippen molar-refractivity contribution in [2.45, 2.75) is 40.2 Å². The van der Waals surface area contributed by atoms with Gasteiger partial charge in [-0.2, -0.15) is 0 Å². The highest BCUT2D eigenvalue weighted by Gasteiger charge is 2.25. The van der Waals surface area contributed by atoms with Gasteiger partial charge in [0.15, 0.2) is 5.96 Å². The van der Waals surface area contributed by atoms with Crippen molar-refractivity contribution in [1.29, 1.82) is 0 Å². The number of nitrogens with one attached hydrogen (secondary N) is 2. The highest BCUT2D eigenvalue weighted by molar-refractivity contribution is 5.83. The zero-order chi connectivity index (χ0) is 18.3. The van der Waals surface area contributed by atoms with Gasteiger partial charge in [-0.1, -0.05) is 18.2 Å². The molecule has 0 atom stereocenters. The maximum atomic E-state index is 11.5. The van der Waals surface area contributed by atoms with Crippen LogP contribution in [0, 0.1) is 11.3 Å². The Kier molecular flexibility index (Phi) is 6.67. The number of nitrogens with two attached hydrogens (primary N) is 1. The largest absolute Gasteiger partial charge is 0.493 e. The molecule has 138 valence electrons.